The molecule has 0 nitrogen and oxygen atoms in total. The molecule has 24 heavy (non-hydrogen) atoms. The van der Waals surface area contributed by atoms with Crippen LogP contribution in [0.3, 0.4) is 0 Å². The van der Waals surface area contributed by atoms with Gasteiger partial charge in [0.1, 0.15) is 0 Å². The molecule has 1 fully saturated rings. The van der Waals surface area contributed by atoms with Crippen molar-refractivity contribution in [3.8, 4) is 11.8 Å². The molecule has 0 bridgehead atoms. The first-order chi connectivity index (χ1) is 11.8. The fourth-order valence-electron chi connectivity index (χ4n) is 3.28. The van der Waals surface area contributed by atoms with E-state index in [4.69, 9.17) is 0 Å². The molecule has 4 rings (SSSR count). The molecular formula is C24H20. The minimum absolute atomic E-state index is 0.354. The summed E-state index contributed by atoms with van der Waals surface area (Å²) < 4.78 is 0. The van der Waals surface area contributed by atoms with Crippen LogP contribution >= 0.6 is 0 Å². The summed E-state index contributed by atoms with van der Waals surface area (Å²) in [6, 6.07) is 29.8. The quantitative estimate of drug-likeness (QED) is 0.571. The second-order valence-corrected chi connectivity index (χ2v) is 6.64. The van der Waals surface area contributed by atoms with Crippen molar-refractivity contribution in [1.29, 1.82) is 0 Å². The fraction of sp³-hybridized carbons (Fsp3) is 0.167. The van der Waals surface area contributed by atoms with E-state index in [1.54, 1.807) is 0 Å². The van der Waals surface area contributed by atoms with Gasteiger partial charge in [-0.15, -0.1) is 0 Å². The van der Waals surface area contributed by atoms with Gasteiger partial charge in [-0.2, -0.15) is 0 Å². The van der Waals surface area contributed by atoms with Crippen molar-refractivity contribution in [2.45, 2.75) is 24.7 Å². The molecule has 1 aliphatic carbocycles. The van der Waals surface area contributed by atoms with Gasteiger partial charge in [0, 0.05) is 11.1 Å². The molecule has 3 aromatic carbocycles. The van der Waals surface area contributed by atoms with Crippen LogP contribution in [-0.2, 0) is 11.8 Å². The Morgan fingerprint density at radius 3 is 1.75 bits per heavy atom. The molecule has 0 heteroatoms. The van der Waals surface area contributed by atoms with Crippen LogP contribution in [0, 0.1) is 11.8 Å². The highest BCUT2D eigenvalue weighted by atomic mass is 14.5. The minimum atomic E-state index is 0.354. The summed E-state index contributed by atoms with van der Waals surface area (Å²) in [5.41, 5.74) is 5.38. The molecule has 0 heterocycles. The third-order valence-electron chi connectivity index (χ3n) is 4.86. The maximum Gasteiger partial charge on any atom is 0.0249 e. The highest BCUT2D eigenvalue weighted by Gasteiger charge is 2.43. The summed E-state index contributed by atoms with van der Waals surface area (Å²) in [6.07, 6.45) is 3.72. The molecule has 0 aliphatic heterocycles. The van der Waals surface area contributed by atoms with Gasteiger partial charge in [0.25, 0.3) is 0 Å². The van der Waals surface area contributed by atoms with E-state index < -0.39 is 0 Å². The van der Waals surface area contributed by atoms with Crippen molar-refractivity contribution in [3.05, 3.63) is 107 Å². The van der Waals surface area contributed by atoms with Crippen LogP contribution in [0.4, 0.5) is 0 Å². The van der Waals surface area contributed by atoms with E-state index in [2.05, 4.69) is 66.4 Å². The molecule has 0 N–H and O–H groups in total. The van der Waals surface area contributed by atoms with Gasteiger partial charge in [-0.05, 0) is 60.1 Å². The van der Waals surface area contributed by atoms with Crippen LogP contribution in [-0.4, -0.2) is 0 Å². The Bertz CT molecular complexity index is 858. The summed E-state index contributed by atoms with van der Waals surface area (Å²) >= 11 is 0. The second-order valence-electron chi connectivity index (χ2n) is 6.64. The van der Waals surface area contributed by atoms with E-state index in [-0.39, 0.29) is 0 Å². The third-order valence-corrected chi connectivity index (χ3v) is 4.86. The van der Waals surface area contributed by atoms with Crippen molar-refractivity contribution in [2.75, 3.05) is 0 Å². The molecule has 0 atom stereocenters. The monoisotopic (exact) mass is 308 g/mol. The first-order valence-electron chi connectivity index (χ1n) is 8.56. The average Bonchev–Trinajstić information content (AvgIpc) is 3.43. The van der Waals surface area contributed by atoms with Gasteiger partial charge >= 0.3 is 0 Å². The molecule has 0 amide bonds. The SMILES string of the molecule is C(#Cc1ccc(C2(Cc3ccccc3)CC2)cc1)c1ccccc1. The van der Waals surface area contributed by atoms with E-state index in [9.17, 15) is 0 Å². The van der Waals surface area contributed by atoms with Gasteiger partial charge < -0.3 is 0 Å². The largest absolute Gasteiger partial charge is 0.0622 e. The highest BCUT2D eigenvalue weighted by Crippen LogP contribution is 2.50. The van der Waals surface area contributed by atoms with Gasteiger partial charge in [-0.1, -0.05) is 72.5 Å². The topological polar surface area (TPSA) is 0 Å². The smallest absolute Gasteiger partial charge is 0.0249 e. The molecule has 1 aliphatic rings. The van der Waals surface area contributed by atoms with E-state index in [0.29, 0.717) is 5.41 Å². The van der Waals surface area contributed by atoms with Crippen LogP contribution < -0.4 is 0 Å². The molecule has 116 valence electrons. The van der Waals surface area contributed by atoms with Crippen molar-refractivity contribution in [2.24, 2.45) is 0 Å². The van der Waals surface area contributed by atoms with E-state index in [1.165, 1.54) is 24.0 Å². The summed E-state index contributed by atoms with van der Waals surface area (Å²) in [4.78, 5) is 0. The maximum atomic E-state index is 3.26. The van der Waals surface area contributed by atoms with E-state index in [1.807, 2.05) is 30.3 Å². The predicted molar refractivity (Wildman–Crippen MR) is 99.9 cm³/mol. The molecule has 0 radical (unpaired) electrons. The van der Waals surface area contributed by atoms with Gasteiger partial charge in [-0.3, -0.25) is 0 Å². The molecule has 0 aromatic heterocycles. The lowest BCUT2D eigenvalue weighted by Gasteiger charge is -2.16. The fourth-order valence-corrected chi connectivity index (χ4v) is 3.28. The van der Waals surface area contributed by atoms with Crippen LogP contribution in [0.2, 0.25) is 0 Å². The van der Waals surface area contributed by atoms with Crippen molar-refractivity contribution >= 4 is 0 Å². The Morgan fingerprint density at radius 2 is 1.17 bits per heavy atom. The third kappa shape index (κ3) is 3.26. The first kappa shape index (κ1) is 14.8. The zero-order valence-corrected chi connectivity index (χ0v) is 13.7. The standard InChI is InChI=1S/C24H20/c1-3-7-20(8-4-1)11-12-21-13-15-23(16-14-21)24(17-18-24)19-22-9-5-2-6-10-22/h1-10,13-16H,17-19H2. The summed E-state index contributed by atoms with van der Waals surface area (Å²) in [7, 11) is 0. The zero-order chi connectivity index (χ0) is 16.2. The summed E-state index contributed by atoms with van der Waals surface area (Å²) in [5, 5.41) is 0. The van der Waals surface area contributed by atoms with Gasteiger partial charge in [0.2, 0.25) is 0 Å². The van der Waals surface area contributed by atoms with Crippen LogP contribution in [0.15, 0.2) is 84.9 Å². The van der Waals surface area contributed by atoms with Crippen molar-refractivity contribution in [1.82, 2.24) is 0 Å². The van der Waals surface area contributed by atoms with E-state index >= 15 is 0 Å². The van der Waals surface area contributed by atoms with Gasteiger partial charge in [0.15, 0.2) is 0 Å². The Kier molecular flexibility index (Phi) is 3.93. The zero-order valence-electron chi connectivity index (χ0n) is 13.7. The Balaban J connectivity index is 1.51. The lowest BCUT2D eigenvalue weighted by molar-refractivity contribution is 0.688. The number of hydrogen-bond acceptors (Lipinski definition) is 0. The lowest BCUT2D eigenvalue weighted by atomic mass is 9.88. The summed E-state index contributed by atoms with van der Waals surface area (Å²) in [6.45, 7) is 0. The molecule has 3 aromatic rings. The number of rotatable bonds is 3. The van der Waals surface area contributed by atoms with Crippen molar-refractivity contribution < 1.29 is 0 Å². The summed E-state index contributed by atoms with van der Waals surface area (Å²) in [5.74, 6) is 6.48. The Labute approximate surface area is 144 Å². The van der Waals surface area contributed by atoms with Crippen molar-refractivity contribution in [3.63, 3.8) is 0 Å². The molecule has 0 unspecified atom stereocenters. The minimum Gasteiger partial charge on any atom is -0.0622 e. The molecule has 0 spiro atoms. The first-order valence-corrected chi connectivity index (χ1v) is 8.56. The average molecular weight is 308 g/mol. The number of benzene rings is 3. The van der Waals surface area contributed by atoms with Gasteiger partial charge in [-0.25, -0.2) is 0 Å². The highest BCUT2D eigenvalue weighted by molar-refractivity contribution is 5.45. The lowest BCUT2D eigenvalue weighted by Crippen LogP contribution is -2.10. The molecule has 0 saturated heterocycles. The Hall–Kier alpha value is -2.78. The van der Waals surface area contributed by atoms with Crippen LogP contribution in [0.5, 0.6) is 0 Å². The molecular weight excluding hydrogens is 288 g/mol. The Morgan fingerprint density at radius 1 is 0.625 bits per heavy atom. The normalized spacial score (nSPS) is 14.5. The van der Waals surface area contributed by atoms with E-state index in [0.717, 1.165) is 17.5 Å². The van der Waals surface area contributed by atoms with Crippen LogP contribution in [0.25, 0.3) is 0 Å². The number of hydrogen-bond donors (Lipinski definition) is 0. The second kappa shape index (κ2) is 6.38. The maximum absolute atomic E-state index is 3.26. The van der Waals surface area contributed by atoms with Crippen LogP contribution in [0.1, 0.15) is 35.1 Å². The predicted octanol–water partition coefficient (Wildman–Crippen LogP) is 5.36. The molecule has 1 saturated carbocycles. The van der Waals surface area contributed by atoms with Gasteiger partial charge in [0.05, 0.1) is 0 Å².